The predicted octanol–water partition coefficient (Wildman–Crippen LogP) is 4.00. The number of fused-ring (bicyclic) bond motifs is 1. The summed E-state index contributed by atoms with van der Waals surface area (Å²) in [5.41, 5.74) is 7.62. The molecule has 208 valence electrons. The van der Waals surface area contributed by atoms with Crippen LogP contribution >= 0.6 is 11.3 Å². The van der Waals surface area contributed by atoms with Crippen LogP contribution < -0.4 is 16.4 Å². The maximum atomic E-state index is 14.6. The zero-order valence-electron chi connectivity index (χ0n) is 22.0. The number of amides is 2. The highest BCUT2D eigenvalue weighted by Gasteiger charge is 2.24. The first-order valence-electron chi connectivity index (χ1n) is 13.1. The molecule has 3 aromatic rings. The molecule has 9 nitrogen and oxygen atoms in total. The van der Waals surface area contributed by atoms with Gasteiger partial charge >= 0.3 is 0 Å². The van der Waals surface area contributed by atoms with Crippen molar-refractivity contribution in [1.82, 2.24) is 9.88 Å². The van der Waals surface area contributed by atoms with E-state index >= 15 is 0 Å². The van der Waals surface area contributed by atoms with E-state index in [1.165, 1.54) is 29.5 Å². The Morgan fingerprint density at radius 2 is 2.05 bits per heavy atom. The summed E-state index contributed by atoms with van der Waals surface area (Å²) in [5, 5.41) is 23.9. The summed E-state index contributed by atoms with van der Waals surface area (Å²) in [4.78, 5) is 33.2. The van der Waals surface area contributed by atoms with Gasteiger partial charge in [-0.25, -0.2) is 9.37 Å². The number of rotatable bonds is 8. The Hall–Kier alpha value is -3.93. The van der Waals surface area contributed by atoms with E-state index in [4.69, 9.17) is 11.1 Å². The summed E-state index contributed by atoms with van der Waals surface area (Å²) >= 11 is 1.34. The molecule has 0 spiro atoms. The molecule has 0 bridgehead atoms. The van der Waals surface area contributed by atoms with Crippen LogP contribution in [0.5, 0.6) is 0 Å². The zero-order valence-corrected chi connectivity index (χ0v) is 22.9. The van der Waals surface area contributed by atoms with E-state index in [1.807, 2.05) is 6.07 Å². The summed E-state index contributed by atoms with van der Waals surface area (Å²) < 4.78 is 14.6. The van der Waals surface area contributed by atoms with Crippen LogP contribution in [-0.4, -0.2) is 52.2 Å². The van der Waals surface area contributed by atoms with Crippen LogP contribution in [0.2, 0.25) is 0 Å². The minimum absolute atomic E-state index is 0.0514. The number of allylic oxidation sites excluding steroid dienone is 1. The van der Waals surface area contributed by atoms with Crippen LogP contribution in [0.1, 0.15) is 56.5 Å². The number of halogens is 1. The Labute approximate surface area is 235 Å². The molecule has 1 fully saturated rings. The number of benzene rings is 1. The van der Waals surface area contributed by atoms with Crippen LogP contribution in [0.4, 0.5) is 15.9 Å². The maximum absolute atomic E-state index is 14.6. The number of carbonyl (C=O) groups is 2. The highest BCUT2D eigenvalue weighted by Crippen LogP contribution is 2.31. The Morgan fingerprint density at radius 3 is 2.75 bits per heavy atom. The van der Waals surface area contributed by atoms with Gasteiger partial charge in [0.25, 0.3) is 11.8 Å². The lowest BCUT2D eigenvalue weighted by atomic mass is 9.96. The number of hydrogen-bond donors (Lipinski definition) is 5. The molecule has 0 unspecified atom stereocenters. The molecule has 11 heteroatoms. The number of nitrogens with two attached hydrogens (primary N) is 1. The van der Waals surface area contributed by atoms with E-state index in [1.54, 1.807) is 18.3 Å². The third-order valence-electron chi connectivity index (χ3n) is 7.31. The number of primary amides is 1. The second kappa shape index (κ2) is 11.7. The molecule has 3 heterocycles. The van der Waals surface area contributed by atoms with Crippen molar-refractivity contribution in [3.63, 3.8) is 0 Å². The highest BCUT2D eigenvalue weighted by molar-refractivity contribution is 7.14. The number of anilines is 2. The number of thiophene rings is 1. The van der Waals surface area contributed by atoms with Crippen LogP contribution in [-0.2, 0) is 17.6 Å². The Kier molecular flexibility index (Phi) is 8.06. The fourth-order valence-corrected chi connectivity index (χ4v) is 6.23. The number of aryl methyl sites for hydroxylation is 1. The number of aromatic nitrogens is 1. The maximum Gasteiger partial charge on any atom is 0.265 e. The lowest BCUT2D eigenvalue weighted by molar-refractivity contribution is -0.114. The van der Waals surface area contributed by atoms with Gasteiger partial charge in [0.2, 0.25) is 0 Å². The molecule has 40 heavy (non-hydrogen) atoms. The van der Waals surface area contributed by atoms with Crippen molar-refractivity contribution in [3.05, 3.63) is 86.6 Å². The normalized spacial score (nSPS) is 19.2. The zero-order chi connectivity index (χ0) is 28.4. The standard InChI is InChI=1S/C29H31FN6O3S/c1-36-10-2-3-24(36)17-5-9-27(33-15-17)34-23(28(32)38)14-21(31)16-4-7-20(30)22(12-16)35-29(39)26-13-18-11-19(37)6-8-25(18)40-26/h4-5,7,9,12-15,19,24,31,37H,2-3,6,8,10-11H2,1H3,(H2,32,38)(H,33,34)(H,35,39)/b23-14+,31-21?/t19-,24+/m1/s1. The van der Waals surface area contributed by atoms with Crippen molar-refractivity contribution >= 4 is 40.4 Å². The molecular weight excluding hydrogens is 531 g/mol. The number of nitrogens with one attached hydrogen (secondary N) is 3. The highest BCUT2D eigenvalue weighted by atomic mass is 32.1. The van der Waals surface area contributed by atoms with Gasteiger partial charge in [0.15, 0.2) is 0 Å². The predicted molar refractivity (Wildman–Crippen MR) is 153 cm³/mol. The summed E-state index contributed by atoms with van der Waals surface area (Å²) in [6.07, 6.45) is 6.65. The monoisotopic (exact) mass is 562 g/mol. The second-order valence-electron chi connectivity index (χ2n) is 10.2. The molecule has 1 aliphatic carbocycles. The largest absolute Gasteiger partial charge is 0.393 e. The minimum Gasteiger partial charge on any atom is -0.393 e. The summed E-state index contributed by atoms with van der Waals surface area (Å²) in [5.74, 6) is -1.50. The van der Waals surface area contributed by atoms with Gasteiger partial charge in [0, 0.05) is 22.7 Å². The molecule has 0 saturated carbocycles. The van der Waals surface area contributed by atoms with Crippen molar-refractivity contribution in [1.29, 1.82) is 5.41 Å². The number of likely N-dealkylation sites (tertiary alicyclic amines) is 1. The average Bonchev–Trinajstić information content (AvgIpc) is 3.55. The molecule has 6 N–H and O–H groups in total. The van der Waals surface area contributed by atoms with Crippen LogP contribution in [0, 0.1) is 11.2 Å². The Balaban J connectivity index is 1.30. The third kappa shape index (κ3) is 6.11. The first-order chi connectivity index (χ1) is 19.2. The smallest absolute Gasteiger partial charge is 0.265 e. The van der Waals surface area contributed by atoms with Gasteiger partial charge in [-0.3, -0.25) is 14.5 Å². The Bertz CT molecular complexity index is 1490. The first-order valence-corrected chi connectivity index (χ1v) is 13.9. The number of aliphatic hydroxyl groups is 1. The van der Waals surface area contributed by atoms with Crippen LogP contribution in [0.15, 0.2) is 54.4 Å². The SMILES string of the molecule is CN1CCC[C@H]1c1ccc(N/C(=C/C(=N)c2ccc(F)c(NC(=O)c3cc4c(s3)CC[C@@H](O)C4)c2)C(N)=O)nc1. The van der Waals surface area contributed by atoms with Gasteiger partial charge in [-0.15, -0.1) is 11.3 Å². The summed E-state index contributed by atoms with van der Waals surface area (Å²) in [6.45, 7) is 1.04. The van der Waals surface area contributed by atoms with Gasteiger partial charge in [-0.05, 0) is 93.2 Å². The van der Waals surface area contributed by atoms with Crippen molar-refractivity contribution in [2.75, 3.05) is 24.2 Å². The lowest BCUT2D eigenvalue weighted by Crippen LogP contribution is -2.22. The number of nitrogens with zero attached hydrogens (tertiary/aromatic N) is 2. The van der Waals surface area contributed by atoms with Gasteiger partial charge < -0.3 is 26.9 Å². The molecule has 2 atom stereocenters. The molecule has 1 aliphatic heterocycles. The lowest BCUT2D eigenvalue weighted by Gasteiger charge is -2.19. The van der Waals surface area contributed by atoms with Crippen molar-refractivity contribution < 1.29 is 19.1 Å². The van der Waals surface area contributed by atoms with E-state index in [2.05, 4.69) is 27.6 Å². The van der Waals surface area contributed by atoms with E-state index in [0.717, 1.165) is 41.5 Å². The molecule has 2 aliphatic rings. The Morgan fingerprint density at radius 1 is 1.23 bits per heavy atom. The van der Waals surface area contributed by atoms with Crippen molar-refractivity contribution in [3.8, 4) is 0 Å². The molecule has 2 amide bonds. The second-order valence-corrected chi connectivity index (χ2v) is 11.3. The van der Waals surface area contributed by atoms with Crippen molar-refractivity contribution in [2.45, 2.75) is 44.2 Å². The minimum atomic E-state index is -0.784. The van der Waals surface area contributed by atoms with Crippen LogP contribution in [0.3, 0.4) is 0 Å². The van der Waals surface area contributed by atoms with Gasteiger partial charge in [-0.2, -0.15) is 0 Å². The number of aliphatic hydroxyl groups excluding tert-OH is 1. The fourth-order valence-electron chi connectivity index (χ4n) is 5.13. The van der Waals surface area contributed by atoms with Gasteiger partial charge in [0.1, 0.15) is 17.3 Å². The third-order valence-corrected chi connectivity index (χ3v) is 8.55. The molecule has 1 aromatic carbocycles. The van der Waals surface area contributed by atoms with Gasteiger partial charge in [-0.1, -0.05) is 6.07 Å². The topological polar surface area (TPSA) is 144 Å². The van der Waals surface area contributed by atoms with E-state index in [0.29, 0.717) is 36.0 Å². The summed E-state index contributed by atoms with van der Waals surface area (Å²) in [6, 6.07) is 9.64. The van der Waals surface area contributed by atoms with E-state index in [9.17, 15) is 19.1 Å². The number of pyridine rings is 1. The molecule has 0 radical (unpaired) electrons. The van der Waals surface area contributed by atoms with E-state index in [-0.39, 0.29) is 22.7 Å². The van der Waals surface area contributed by atoms with Gasteiger partial charge in [0.05, 0.1) is 22.4 Å². The first kappa shape index (κ1) is 27.6. The molecular formula is C29H31FN6O3S. The molecule has 2 aromatic heterocycles. The molecule has 1 saturated heterocycles. The van der Waals surface area contributed by atoms with Crippen LogP contribution in [0.25, 0.3) is 0 Å². The average molecular weight is 563 g/mol. The van der Waals surface area contributed by atoms with Crippen molar-refractivity contribution in [2.24, 2.45) is 5.73 Å². The van der Waals surface area contributed by atoms with E-state index < -0.39 is 23.7 Å². The quantitative estimate of drug-likeness (QED) is 0.207. The number of carbonyl (C=O) groups excluding carboxylic acids is 2. The number of hydrogen-bond acceptors (Lipinski definition) is 8. The molecule has 5 rings (SSSR count). The summed E-state index contributed by atoms with van der Waals surface area (Å²) in [7, 11) is 2.08. The fraction of sp³-hybridized carbons (Fsp3) is 0.310.